The third kappa shape index (κ3) is 2.78. The predicted octanol–water partition coefficient (Wildman–Crippen LogP) is 3.55. The standard InChI is InChI=1S/C16H18O/c1-3-5-12-16(15(4-2)17-16)13-11-14-9-7-6-8-10-14/h4,6-10,15H,2-3,5,12H2,1H3/t15-,16+/m0/s1. The maximum atomic E-state index is 5.69. The van der Waals surface area contributed by atoms with Crippen LogP contribution < -0.4 is 0 Å². The summed E-state index contributed by atoms with van der Waals surface area (Å²) >= 11 is 0. The van der Waals surface area contributed by atoms with Gasteiger partial charge in [-0.15, -0.1) is 6.58 Å². The first-order valence-corrected chi connectivity index (χ1v) is 6.19. The molecular formula is C16H18O. The molecule has 17 heavy (non-hydrogen) atoms. The normalized spacial score (nSPS) is 25.8. The van der Waals surface area contributed by atoms with E-state index < -0.39 is 0 Å². The van der Waals surface area contributed by atoms with Crippen LogP contribution in [0.1, 0.15) is 31.7 Å². The fourth-order valence-electron chi connectivity index (χ4n) is 1.93. The molecule has 2 atom stereocenters. The van der Waals surface area contributed by atoms with Gasteiger partial charge in [-0.1, -0.05) is 49.5 Å². The van der Waals surface area contributed by atoms with Gasteiger partial charge in [-0.3, -0.25) is 0 Å². The molecule has 1 aliphatic rings. The second-order valence-corrected chi connectivity index (χ2v) is 4.38. The van der Waals surface area contributed by atoms with E-state index in [-0.39, 0.29) is 11.7 Å². The molecule has 1 saturated heterocycles. The summed E-state index contributed by atoms with van der Waals surface area (Å²) in [5.41, 5.74) is 0.787. The van der Waals surface area contributed by atoms with Crippen molar-refractivity contribution in [3.8, 4) is 11.8 Å². The lowest BCUT2D eigenvalue weighted by Crippen LogP contribution is -2.11. The van der Waals surface area contributed by atoms with Gasteiger partial charge < -0.3 is 4.74 Å². The summed E-state index contributed by atoms with van der Waals surface area (Å²) in [5, 5.41) is 0. The van der Waals surface area contributed by atoms with Crippen LogP contribution in [-0.4, -0.2) is 11.7 Å². The van der Waals surface area contributed by atoms with Crippen molar-refractivity contribution >= 4 is 0 Å². The van der Waals surface area contributed by atoms with Crippen molar-refractivity contribution in [2.75, 3.05) is 0 Å². The van der Waals surface area contributed by atoms with Gasteiger partial charge in [-0.2, -0.15) is 0 Å². The van der Waals surface area contributed by atoms with E-state index >= 15 is 0 Å². The molecule has 1 heterocycles. The highest BCUT2D eigenvalue weighted by molar-refractivity contribution is 5.39. The lowest BCUT2D eigenvalue weighted by molar-refractivity contribution is 0.330. The Bertz CT molecular complexity index is 438. The summed E-state index contributed by atoms with van der Waals surface area (Å²) in [4.78, 5) is 0. The van der Waals surface area contributed by atoms with Gasteiger partial charge in [0.2, 0.25) is 0 Å². The van der Waals surface area contributed by atoms with Crippen molar-refractivity contribution in [1.29, 1.82) is 0 Å². The van der Waals surface area contributed by atoms with E-state index in [9.17, 15) is 0 Å². The second kappa shape index (κ2) is 5.21. The maximum Gasteiger partial charge on any atom is 0.159 e. The zero-order valence-corrected chi connectivity index (χ0v) is 10.3. The molecular weight excluding hydrogens is 208 g/mol. The molecule has 2 rings (SSSR count). The zero-order chi connectivity index (χ0) is 12.1. The Hall–Kier alpha value is -1.52. The van der Waals surface area contributed by atoms with Gasteiger partial charge in [-0.05, 0) is 25.0 Å². The molecule has 0 N–H and O–H groups in total. The molecule has 0 aromatic heterocycles. The predicted molar refractivity (Wildman–Crippen MR) is 70.6 cm³/mol. The molecule has 1 fully saturated rings. The number of rotatable bonds is 4. The molecule has 88 valence electrons. The molecule has 0 radical (unpaired) electrons. The van der Waals surface area contributed by atoms with E-state index in [1.807, 2.05) is 36.4 Å². The van der Waals surface area contributed by atoms with Gasteiger partial charge in [0.05, 0.1) is 0 Å². The summed E-state index contributed by atoms with van der Waals surface area (Å²) in [6.07, 6.45) is 5.29. The van der Waals surface area contributed by atoms with Crippen molar-refractivity contribution in [2.24, 2.45) is 0 Å². The van der Waals surface area contributed by atoms with Crippen LogP contribution in [0, 0.1) is 11.8 Å². The average molecular weight is 226 g/mol. The van der Waals surface area contributed by atoms with E-state index in [4.69, 9.17) is 4.74 Å². The van der Waals surface area contributed by atoms with E-state index in [2.05, 4.69) is 25.3 Å². The number of epoxide rings is 1. The van der Waals surface area contributed by atoms with Crippen LogP contribution in [0.5, 0.6) is 0 Å². The SMILES string of the molecule is C=C[C@@H]1O[C@@]1(C#Cc1ccccc1)CCCC. The maximum absolute atomic E-state index is 5.69. The largest absolute Gasteiger partial charge is 0.348 e. The van der Waals surface area contributed by atoms with Gasteiger partial charge in [0.1, 0.15) is 6.10 Å². The summed E-state index contributed by atoms with van der Waals surface area (Å²) in [7, 11) is 0. The fraction of sp³-hybridized carbons (Fsp3) is 0.375. The summed E-state index contributed by atoms with van der Waals surface area (Å²) < 4.78 is 5.69. The van der Waals surface area contributed by atoms with E-state index in [1.54, 1.807) is 0 Å². The van der Waals surface area contributed by atoms with Gasteiger partial charge in [0.25, 0.3) is 0 Å². The highest BCUT2D eigenvalue weighted by Crippen LogP contribution is 2.41. The van der Waals surface area contributed by atoms with Crippen LogP contribution in [0.4, 0.5) is 0 Å². The number of hydrogen-bond acceptors (Lipinski definition) is 1. The Morgan fingerprint density at radius 2 is 2.18 bits per heavy atom. The molecule has 1 nitrogen and oxygen atoms in total. The van der Waals surface area contributed by atoms with Crippen LogP contribution in [0.15, 0.2) is 43.0 Å². The van der Waals surface area contributed by atoms with Gasteiger partial charge in [0.15, 0.2) is 5.60 Å². The van der Waals surface area contributed by atoms with Crippen molar-refractivity contribution in [1.82, 2.24) is 0 Å². The van der Waals surface area contributed by atoms with Crippen molar-refractivity contribution < 1.29 is 4.74 Å². The smallest absolute Gasteiger partial charge is 0.159 e. The monoisotopic (exact) mass is 226 g/mol. The Labute approximate surface area is 103 Å². The molecule has 0 amide bonds. The minimum atomic E-state index is -0.256. The highest BCUT2D eigenvalue weighted by Gasteiger charge is 2.52. The molecule has 1 aromatic rings. The zero-order valence-electron chi connectivity index (χ0n) is 10.3. The fourth-order valence-corrected chi connectivity index (χ4v) is 1.93. The van der Waals surface area contributed by atoms with Gasteiger partial charge in [0, 0.05) is 5.56 Å². The Kier molecular flexibility index (Phi) is 3.66. The van der Waals surface area contributed by atoms with E-state index in [0.29, 0.717) is 0 Å². The van der Waals surface area contributed by atoms with E-state index in [1.165, 1.54) is 6.42 Å². The first kappa shape index (κ1) is 12.0. The van der Waals surface area contributed by atoms with E-state index in [0.717, 1.165) is 18.4 Å². The Morgan fingerprint density at radius 3 is 2.76 bits per heavy atom. The molecule has 0 unspecified atom stereocenters. The number of benzene rings is 1. The van der Waals surface area contributed by atoms with Gasteiger partial charge >= 0.3 is 0 Å². The molecule has 1 aliphatic heterocycles. The highest BCUT2D eigenvalue weighted by atomic mass is 16.6. The summed E-state index contributed by atoms with van der Waals surface area (Å²) in [5.74, 6) is 6.48. The summed E-state index contributed by atoms with van der Waals surface area (Å²) in [6.45, 7) is 5.97. The topological polar surface area (TPSA) is 12.5 Å². The molecule has 0 spiro atoms. The third-order valence-electron chi connectivity index (χ3n) is 3.05. The van der Waals surface area contributed by atoms with Crippen LogP contribution in [0.3, 0.4) is 0 Å². The molecule has 0 aliphatic carbocycles. The van der Waals surface area contributed by atoms with Crippen LogP contribution in [0.2, 0.25) is 0 Å². The van der Waals surface area contributed by atoms with Crippen molar-refractivity contribution in [3.63, 3.8) is 0 Å². The second-order valence-electron chi connectivity index (χ2n) is 4.38. The quantitative estimate of drug-likeness (QED) is 0.434. The molecule has 1 heteroatoms. The number of unbranched alkanes of at least 4 members (excludes halogenated alkanes) is 1. The first-order chi connectivity index (χ1) is 8.30. The van der Waals surface area contributed by atoms with Gasteiger partial charge in [-0.25, -0.2) is 0 Å². The lowest BCUT2D eigenvalue weighted by atomic mass is 9.98. The van der Waals surface area contributed by atoms with Crippen LogP contribution in [-0.2, 0) is 4.74 Å². The Morgan fingerprint density at radius 1 is 1.41 bits per heavy atom. The molecule has 1 aromatic carbocycles. The first-order valence-electron chi connectivity index (χ1n) is 6.19. The molecule has 0 bridgehead atoms. The average Bonchev–Trinajstić information content (AvgIpc) is 3.09. The number of ether oxygens (including phenoxy) is 1. The third-order valence-corrected chi connectivity index (χ3v) is 3.05. The lowest BCUT2D eigenvalue weighted by Gasteiger charge is -2.02. The minimum Gasteiger partial charge on any atom is -0.348 e. The minimum absolute atomic E-state index is 0.116. The van der Waals surface area contributed by atoms with Crippen LogP contribution >= 0.6 is 0 Å². The Balaban J connectivity index is 2.10. The van der Waals surface area contributed by atoms with Crippen molar-refractivity contribution in [2.45, 2.75) is 37.9 Å². The summed E-state index contributed by atoms with van der Waals surface area (Å²) in [6, 6.07) is 10.0. The van der Waals surface area contributed by atoms with Crippen LogP contribution in [0.25, 0.3) is 0 Å². The molecule has 0 saturated carbocycles. The number of hydrogen-bond donors (Lipinski definition) is 0. The van der Waals surface area contributed by atoms with Crippen molar-refractivity contribution in [3.05, 3.63) is 48.6 Å².